The largest absolute Gasteiger partial charge is 0.352 e. The lowest BCUT2D eigenvalue weighted by atomic mass is 10.1. The van der Waals surface area contributed by atoms with Gasteiger partial charge < -0.3 is 9.80 Å². The molecule has 1 amide bonds. The minimum absolute atomic E-state index is 0.200. The van der Waals surface area contributed by atoms with Gasteiger partial charge in [0, 0.05) is 38.5 Å². The first kappa shape index (κ1) is 23.6. The molecule has 190 valence electrons. The van der Waals surface area contributed by atoms with Gasteiger partial charge in [0.25, 0.3) is 0 Å². The molecule has 8 heteroatoms. The first-order valence-electron chi connectivity index (χ1n) is 13.2. The van der Waals surface area contributed by atoms with E-state index in [1.165, 1.54) is 12.1 Å². The van der Waals surface area contributed by atoms with E-state index in [1.54, 1.807) is 16.8 Å². The van der Waals surface area contributed by atoms with Crippen LogP contribution in [0.2, 0.25) is 0 Å². The van der Waals surface area contributed by atoms with Crippen LogP contribution in [0.5, 0.6) is 0 Å². The maximum absolute atomic E-state index is 13.6. The number of nitrogens with zero attached hydrogens (tertiary/aromatic N) is 6. The highest BCUT2D eigenvalue weighted by Crippen LogP contribution is 2.31. The van der Waals surface area contributed by atoms with Crippen molar-refractivity contribution in [3.63, 3.8) is 0 Å². The molecule has 2 aromatic carbocycles. The molecular formula is C29H31FN6O. The molecule has 2 fully saturated rings. The van der Waals surface area contributed by atoms with Gasteiger partial charge in [-0.05, 0) is 49.6 Å². The van der Waals surface area contributed by atoms with E-state index in [4.69, 9.17) is 15.1 Å². The second-order valence-corrected chi connectivity index (χ2v) is 10.1. The average molecular weight is 499 g/mol. The van der Waals surface area contributed by atoms with Crippen LogP contribution in [0, 0.1) is 18.7 Å². The number of amides is 1. The summed E-state index contributed by atoms with van der Waals surface area (Å²) in [4.78, 5) is 27.3. The Balaban J connectivity index is 1.37. The summed E-state index contributed by atoms with van der Waals surface area (Å²) < 4.78 is 15.4. The minimum Gasteiger partial charge on any atom is -0.352 e. The van der Waals surface area contributed by atoms with Crippen molar-refractivity contribution < 1.29 is 9.18 Å². The van der Waals surface area contributed by atoms with Crippen molar-refractivity contribution in [3.05, 3.63) is 77.5 Å². The number of hydrogen-bond acceptors (Lipinski definition) is 5. The second kappa shape index (κ2) is 9.92. The maximum Gasteiger partial charge on any atom is 0.225 e. The fourth-order valence-corrected chi connectivity index (χ4v) is 5.62. The molecule has 1 aliphatic heterocycles. The van der Waals surface area contributed by atoms with Gasteiger partial charge in [-0.25, -0.2) is 19.0 Å². The van der Waals surface area contributed by atoms with Crippen LogP contribution in [0.25, 0.3) is 16.7 Å². The Morgan fingerprint density at radius 2 is 1.65 bits per heavy atom. The zero-order valence-electron chi connectivity index (χ0n) is 21.1. The number of aryl methyl sites for hydroxylation is 1. The summed E-state index contributed by atoms with van der Waals surface area (Å²) >= 11 is 0. The molecule has 0 unspecified atom stereocenters. The third kappa shape index (κ3) is 4.68. The molecule has 6 rings (SSSR count). The minimum atomic E-state index is -0.290. The number of halogens is 1. The molecule has 1 saturated heterocycles. The Morgan fingerprint density at radius 1 is 0.946 bits per heavy atom. The van der Waals surface area contributed by atoms with Crippen LogP contribution in [-0.2, 0) is 11.2 Å². The van der Waals surface area contributed by atoms with E-state index >= 15 is 0 Å². The third-order valence-electron chi connectivity index (χ3n) is 7.60. The molecule has 4 aromatic rings. The Kier molecular flexibility index (Phi) is 6.32. The van der Waals surface area contributed by atoms with Crippen molar-refractivity contribution in [2.45, 2.75) is 39.0 Å². The summed E-state index contributed by atoms with van der Waals surface area (Å²) in [6.07, 6.45) is 4.97. The highest BCUT2D eigenvalue weighted by atomic mass is 19.1. The van der Waals surface area contributed by atoms with Crippen molar-refractivity contribution in [1.82, 2.24) is 24.6 Å². The number of anilines is 1. The van der Waals surface area contributed by atoms with E-state index in [0.717, 1.165) is 66.9 Å². The number of carbonyl (C=O) groups is 1. The first-order chi connectivity index (χ1) is 18.1. The summed E-state index contributed by atoms with van der Waals surface area (Å²) in [5.74, 6) is 1.79. The Labute approximate surface area is 215 Å². The van der Waals surface area contributed by atoms with Crippen LogP contribution in [0.4, 0.5) is 10.2 Å². The lowest BCUT2D eigenvalue weighted by molar-refractivity contribution is -0.135. The topological polar surface area (TPSA) is 67.2 Å². The van der Waals surface area contributed by atoms with Crippen molar-refractivity contribution in [1.29, 1.82) is 0 Å². The lowest BCUT2D eigenvalue weighted by Crippen LogP contribution is -2.50. The quantitative estimate of drug-likeness (QED) is 0.399. The molecule has 0 radical (unpaired) electrons. The molecular weight excluding hydrogens is 467 g/mol. The number of piperazine rings is 1. The fourth-order valence-electron chi connectivity index (χ4n) is 5.62. The second-order valence-electron chi connectivity index (χ2n) is 10.1. The van der Waals surface area contributed by atoms with Crippen LogP contribution in [-0.4, -0.2) is 56.7 Å². The van der Waals surface area contributed by atoms with E-state index in [2.05, 4.69) is 17.0 Å². The van der Waals surface area contributed by atoms with Gasteiger partial charge in [0.2, 0.25) is 5.91 Å². The molecule has 3 heterocycles. The number of rotatable bonds is 5. The molecule has 37 heavy (non-hydrogen) atoms. The smallest absolute Gasteiger partial charge is 0.225 e. The number of carbonyl (C=O) groups excluding carboxylic acids is 1. The first-order valence-corrected chi connectivity index (χ1v) is 13.2. The SMILES string of the molecule is Cc1nn(-c2ccc(F)cc2)c2nc(Cc3ccccc3)nc(N3CCN(C(=O)C4CCCC4)CC3)c12. The van der Waals surface area contributed by atoms with E-state index in [9.17, 15) is 9.18 Å². The van der Waals surface area contributed by atoms with Gasteiger partial charge in [0.1, 0.15) is 17.5 Å². The number of hydrogen-bond donors (Lipinski definition) is 0. The summed E-state index contributed by atoms with van der Waals surface area (Å²) in [5.41, 5.74) is 3.42. The molecule has 0 atom stereocenters. The van der Waals surface area contributed by atoms with Gasteiger partial charge >= 0.3 is 0 Å². The molecule has 0 N–H and O–H groups in total. The van der Waals surface area contributed by atoms with Crippen LogP contribution in [0.3, 0.4) is 0 Å². The molecule has 0 spiro atoms. The highest BCUT2D eigenvalue weighted by molar-refractivity contribution is 5.91. The molecule has 2 aromatic heterocycles. The van der Waals surface area contributed by atoms with Crippen LogP contribution < -0.4 is 4.90 Å². The number of benzene rings is 2. The standard InChI is InChI=1S/C29H31FN6O/c1-20-26-27(34-15-17-35(18-16-34)29(37)22-9-5-6-10-22)31-25(19-21-7-3-2-4-8-21)32-28(26)36(33-20)24-13-11-23(30)12-14-24/h2-4,7-8,11-14,22H,5-6,9-10,15-19H2,1H3. The average Bonchev–Trinajstić information content (AvgIpc) is 3.58. The van der Waals surface area contributed by atoms with Gasteiger partial charge in [0.05, 0.1) is 16.8 Å². The number of fused-ring (bicyclic) bond motifs is 1. The van der Waals surface area contributed by atoms with E-state index in [1.807, 2.05) is 30.0 Å². The van der Waals surface area contributed by atoms with Crippen molar-refractivity contribution >= 4 is 22.8 Å². The van der Waals surface area contributed by atoms with E-state index in [-0.39, 0.29) is 11.7 Å². The van der Waals surface area contributed by atoms with Crippen LogP contribution in [0.1, 0.15) is 42.8 Å². The van der Waals surface area contributed by atoms with Crippen LogP contribution >= 0.6 is 0 Å². The molecule has 1 aliphatic carbocycles. The highest BCUT2D eigenvalue weighted by Gasteiger charge is 2.31. The Hall–Kier alpha value is -3.81. The van der Waals surface area contributed by atoms with Crippen molar-refractivity contribution in [2.75, 3.05) is 31.1 Å². The van der Waals surface area contributed by atoms with Crippen LogP contribution in [0.15, 0.2) is 54.6 Å². The molecule has 2 aliphatic rings. The lowest BCUT2D eigenvalue weighted by Gasteiger charge is -2.37. The molecule has 0 bridgehead atoms. The van der Waals surface area contributed by atoms with Gasteiger partial charge in [0.15, 0.2) is 5.65 Å². The normalized spacial score (nSPS) is 16.6. The van der Waals surface area contributed by atoms with E-state index in [0.29, 0.717) is 36.9 Å². The summed E-state index contributed by atoms with van der Waals surface area (Å²) in [6, 6.07) is 16.5. The van der Waals surface area contributed by atoms with Gasteiger partial charge in [-0.15, -0.1) is 0 Å². The molecule has 7 nitrogen and oxygen atoms in total. The summed E-state index contributed by atoms with van der Waals surface area (Å²) in [7, 11) is 0. The predicted octanol–water partition coefficient (Wildman–Crippen LogP) is 4.69. The zero-order valence-corrected chi connectivity index (χ0v) is 21.1. The summed E-state index contributed by atoms with van der Waals surface area (Å²) in [5, 5.41) is 5.69. The zero-order chi connectivity index (χ0) is 25.4. The van der Waals surface area contributed by atoms with E-state index < -0.39 is 0 Å². The Bertz CT molecular complexity index is 1400. The summed E-state index contributed by atoms with van der Waals surface area (Å²) in [6.45, 7) is 4.79. The van der Waals surface area contributed by atoms with Gasteiger partial charge in [-0.2, -0.15) is 5.10 Å². The third-order valence-corrected chi connectivity index (χ3v) is 7.60. The maximum atomic E-state index is 13.6. The monoisotopic (exact) mass is 498 g/mol. The van der Waals surface area contributed by atoms with Crippen molar-refractivity contribution in [2.24, 2.45) is 5.92 Å². The van der Waals surface area contributed by atoms with Crippen molar-refractivity contribution in [3.8, 4) is 5.69 Å². The predicted molar refractivity (Wildman–Crippen MR) is 141 cm³/mol. The van der Waals surface area contributed by atoms with Gasteiger partial charge in [-0.3, -0.25) is 4.79 Å². The fraction of sp³-hybridized carbons (Fsp3) is 0.379. The Morgan fingerprint density at radius 3 is 2.35 bits per heavy atom. The molecule has 1 saturated carbocycles. The van der Waals surface area contributed by atoms with Gasteiger partial charge in [-0.1, -0.05) is 43.2 Å². The number of aromatic nitrogens is 4.